The van der Waals surface area contributed by atoms with Crippen molar-refractivity contribution >= 4 is 46.1 Å². The first-order chi connectivity index (χ1) is 15.5. The molecule has 0 saturated carbocycles. The Morgan fingerprint density at radius 1 is 1.03 bits per heavy atom. The predicted octanol–water partition coefficient (Wildman–Crippen LogP) is 5.97. The van der Waals surface area contributed by atoms with Gasteiger partial charge in [-0.05, 0) is 78.5 Å². The molecule has 0 atom stereocenters. The highest BCUT2D eigenvalue weighted by atomic mass is 35.5. The first-order valence-electron chi connectivity index (χ1n) is 10.2. The van der Waals surface area contributed by atoms with Crippen LogP contribution in [0.4, 0.5) is 11.4 Å². The number of hydrogen-bond donors (Lipinski definition) is 1. The number of carbonyl (C=O) groups is 2. The molecule has 1 aliphatic rings. The lowest BCUT2D eigenvalue weighted by Gasteiger charge is -2.21. The summed E-state index contributed by atoms with van der Waals surface area (Å²) in [5.41, 5.74) is 4.62. The fourth-order valence-electron chi connectivity index (χ4n) is 3.96. The number of nitrogens with zero attached hydrogens (tertiary/aromatic N) is 2. The number of rotatable bonds is 3. The molecule has 1 aliphatic heterocycles. The first kappa shape index (κ1) is 20.5. The van der Waals surface area contributed by atoms with Crippen molar-refractivity contribution < 1.29 is 9.59 Å². The molecule has 160 valence electrons. The lowest BCUT2D eigenvalue weighted by molar-refractivity contribution is 0.0984. The Kier molecular flexibility index (Phi) is 5.33. The van der Waals surface area contributed by atoms with Crippen LogP contribution < -0.4 is 10.2 Å². The summed E-state index contributed by atoms with van der Waals surface area (Å²) in [7, 11) is 0. The second kappa shape index (κ2) is 8.30. The molecule has 2 aromatic heterocycles. The number of aromatic nitrogens is 1. The van der Waals surface area contributed by atoms with Gasteiger partial charge in [0.25, 0.3) is 11.8 Å². The fourth-order valence-corrected chi connectivity index (χ4v) is 5.06. The molecule has 4 aromatic rings. The molecular formula is C25H20ClN3O2S. The molecule has 2 amide bonds. The van der Waals surface area contributed by atoms with E-state index in [1.54, 1.807) is 53.8 Å². The molecule has 5 nitrogen and oxygen atoms in total. The van der Waals surface area contributed by atoms with E-state index in [-0.39, 0.29) is 11.8 Å². The van der Waals surface area contributed by atoms with Gasteiger partial charge in [0.2, 0.25) is 0 Å². The van der Waals surface area contributed by atoms with Crippen LogP contribution in [-0.4, -0.2) is 16.4 Å². The van der Waals surface area contributed by atoms with Gasteiger partial charge < -0.3 is 14.8 Å². The number of halogens is 1. The largest absolute Gasteiger partial charge is 0.344 e. The average molecular weight is 462 g/mol. The zero-order valence-corrected chi connectivity index (χ0v) is 18.9. The summed E-state index contributed by atoms with van der Waals surface area (Å²) in [6.45, 7) is 3.14. The van der Waals surface area contributed by atoms with Crippen LogP contribution in [0.3, 0.4) is 0 Å². The highest BCUT2D eigenvalue weighted by Gasteiger charge is 2.25. The molecule has 0 saturated heterocycles. The van der Waals surface area contributed by atoms with Gasteiger partial charge in [-0.2, -0.15) is 0 Å². The third kappa shape index (κ3) is 3.83. The Morgan fingerprint density at radius 3 is 2.62 bits per heavy atom. The Balaban J connectivity index is 1.36. The van der Waals surface area contributed by atoms with Crippen molar-refractivity contribution in [1.29, 1.82) is 0 Å². The zero-order chi connectivity index (χ0) is 22.2. The minimum absolute atomic E-state index is 0.0641. The number of benzene rings is 2. The minimum Gasteiger partial charge on any atom is -0.344 e. The van der Waals surface area contributed by atoms with Gasteiger partial charge in [0.05, 0.1) is 18.8 Å². The Bertz CT molecular complexity index is 1320. The SMILES string of the molecule is Cc1cc(Cl)ccc1C(=O)Nc1ccc(C(=O)N2Cc3cccn3Cc3sccc32)cc1. The highest BCUT2D eigenvalue weighted by Crippen LogP contribution is 2.33. The van der Waals surface area contributed by atoms with Crippen LogP contribution >= 0.6 is 22.9 Å². The maximum absolute atomic E-state index is 13.4. The van der Waals surface area contributed by atoms with E-state index in [0.29, 0.717) is 28.4 Å². The van der Waals surface area contributed by atoms with Gasteiger partial charge in [-0.15, -0.1) is 11.3 Å². The maximum Gasteiger partial charge on any atom is 0.258 e. The van der Waals surface area contributed by atoms with Crippen molar-refractivity contribution in [2.75, 3.05) is 10.2 Å². The summed E-state index contributed by atoms with van der Waals surface area (Å²) in [4.78, 5) is 29.0. The Hall–Kier alpha value is -3.35. The van der Waals surface area contributed by atoms with Crippen LogP contribution in [0.5, 0.6) is 0 Å². The van der Waals surface area contributed by atoms with Gasteiger partial charge in [0, 0.05) is 38.6 Å². The minimum atomic E-state index is -0.213. The van der Waals surface area contributed by atoms with Gasteiger partial charge in [0.15, 0.2) is 0 Å². The lowest BCUT2D eigenvalue weighted by Crippen LogP contribution is -2.30. The second-order valence-corrected chi connectivity index (χ2v) is 9.18. The topological polar surface area (TPSA) is 54.3 Å². The highest BCUT2D eigenvalue weighted by molar-refractivity contribution is 7.10. The maximum atomic E-state index is 13.4. The molecule has 32 heavy (non-hydrogen) atoms. The number of hydrogen-bond acceptors (Lipinski definition) is 3. The molecule has 0 spiro atoms. The number of fused-ring (bicyclic) bond motifs is 2. The van der Waals surface area contributed by atoms with Crippen LogP contribution in [0.1, 0.15) is 36.9 Å². The van der Waals surface area contributed by atoms with E-state index in [2.05, 4.69) is 9.88 Å². The molecule has 2 aromatic carbocycles. The Morgan fingerprint density at radius 2 is 1.84 bits per heavy atom. The lowest BCUT2D eigenvalue weighted by atomic mass is 10.1. The van der Waals surface area contributed by atoms with Crippen molar-refractivity contribution in [3.63, 3.8) is 0 Å². The summed E-state index contributed by atoms with van der Waals surface area (Å²) < 4.78 is 2.18. The van der Waals surface area contributed by atoms with Gasteiger partial charge in [-0.25, -0.2) is 0 Å². The molecule has 0 radical (unpaired) electrons. The molecule has 7 heteroatoms. The van der Waals surface area contributed by atoms with Crippen LogP contribution in [0.2, 0.25) is 5.02 Å². The van der Waals surface area contributed by atoms with E-state index in [9.17, 15) is 9.59 Å². The van der Waals surface area contributed by atoms with Crippen molar-refractivity contribution in [1.82, 2.24) is 4.57 Å². The summed E-state index contributed by atoms with van der Waals surface area (Å²) in [6.07, 6.45) is 2.05. The third-order valence-electron chi connectivity index (χ3n) is 5.64. The summed E-state index contributed by atoms with van der Waals surface area (Å²) in [5.74, 6) is -0.278. The normalized spacial score (nSPS) is 12.6. The summed E-state index contributed by atoms with van der Waals surface area (Å²) in [6, 6.07) is 18.2. The molecule has 0 aliphatic carbocycles. The van der Waals surface area contributed by atoms with Crippen LogP contribution in [0.25, 0.3) is 0 Å². The second-order valence-electron chi connectivity index (χ2n) is 7.74. The van der Waals surface area contributed by atoms with Gasteiger partial charge in [-0.3, -0.25) is 9.59 Å². The molecular weight excluding hydrogens is 442 g/mol. The first-order valence-corrected chi connectivity index (χ1v) is 11.5. The summed E-state index contributed by atoms with van der Waals surface area (Å²) in [5, 5.41) is 5.51. The van der Waals surface area contributed by atoms with E-state index in [1.165, 1.54) is 0 Å². The molecule has 1 N–H and O–H groups in total. The predicted molar refractivity (Wildman–Crippen MR) is 129 cm³/mol. The molecule has 0 bridgehead atoms. The van der Waals surface area contributed by atoms with Gasteiger partial charge in [-0.1, -0.05) is 11.6 Å². The van der Waals surface area contributed by atoms with Crippen molar-refractivity contribution in [2.24, 2.45) is 0 Å². The number of amides is 2. The van der Waals surface area contributed by atoms with Crippen molar-refractivity contribution in [3.05, 3.63) is 105 Å². The quantitative estimate of drug-likeness (QED) is 0.408. The van der Waals surface area contributed by atoms with Crippen molar-refractivity contribution in [2.45, 2.75) is 20.0 Å². The number of thiophene rings is 1. The van der Waals surface area contributed by atoms with E-state index < -0.39 is 0 Å². The zero-order valence-electron chi connectivity index (χ0n) is 17.3. The number of nitrogens with one attached hydrogen (secondary N) is 1. The number of aryl methyl sites for hydroxylation is 1. The van der Waals surface area contributed by atoms with Crippen LogP contribution in [0, 0.1) is 6.92 Å². The van der Waals surface area contributed by atoms with E-state index in [0.717, 1.165) is 28.4 Å². The van der Waals surface area contributed by atoms with Gasteiger partial charge in [0.1, 0.15) is 0 Å². The van der Waals surface area contributed by atoms with E-state index >= 15 is 0 Å². The molecule has 0 fully saturated rings. The monoisotopic (exact) mass is 461 g/mol. The Labute approximate surface area is 194 Å². The molecule has 3 heterocycles. The van der Waals surface area contributed by atoms with E-state index in [1.807, 2.05) is 41.6 Å². The van der Waals surface area contributed by atoms with Gasteiger partial charge >= 0.3 is 0 Å². The third-order valence-corrected chi connectivity index (χ3v) is 6.77. The van der Waals surface area contributed by atoms with Crippen molar-refractivity contribution in [3.8, 4) is 0 Å². The smallest absolute Gasteiger partial charge is 0.258 e. The fraction of sp³-hybridized carbons (Fsp3) is 0.120. The number of anilines is 2. The summed E-state index contributed by atoms with van der Waals surface area (Å²) >= 11 is 7.64. The average Bonchev–Trinajstić information content (AvgIpc) is 3.39. The van der Waals surface area contributed by atoms with Crippen LogP contribution in [-0.2, 0) is 13.1 Å². The number of carbonyl (C=O) groups excluding carboxylic acids is 2. The van der Waals surface area contributed by atoms with E-state index in [4.69, 9.17) is 11.6 Å². The van der Waals surface area contributed by atoms with Crippen LogP contribution in [0.15, 0.2) is 72.2 Å². The molecule has 5 rings (SSSR count). The molecule has 0 unspecified atom stereocenters. The standard InChI is InChI=1S/C25H20ClN3O2S/c1-16-13-18(26)6-9-21(16)24(30)27-19-7-4-17(5-8-19)25(31)29-14-20-3-2-11-28(20)15-23-22(29)10-12-32-23/h2-13H,14-15H2,1H3,(H,27,30).